The minimum atomic E-state index is 0.514. The van der Waals surface area contributed by atoms with Crippen LogP contribution in [0.3, 0.4) is 0 Å². The van der Waals surface area contributed by atoms with Gasteiger partial charge in [-0.1, -0.05) is 48.0 Å². The van der Waals surface area contributed by atoms with Crippen molar-refractivity contribution >= 4 is 5.96 Å². The molecular weight excluding hydrogens is 388 g/mol. The van der Waals surface area contributed by atoms with Crippen molar-refractivity contribution in [3.8, 4) is 22.7 Å². The molecule has 0 bridgehead atoms. The van der Waals surface area contributed by atoms with Gasteiger partial charge in [-0.3, -0.25) is 4.99 Å². The number of oxazole rings is 1. The maximum absolute atomic E-state index is 5.64. The van der Waals surface area contributed by atoms with Gasteiger partial charge in [0.15, 0.2) is 5.96 Å². The van der Waals surface area contributed by atoms with Crippen molar-refractivity contribution < 1.29 is 4.42 Å². The third-order valence-electron chi connectivity index (χ3n) is 4.95. The molecule has 0 saturated heterocycles. The first-order valence-electron chi connectivity index (χ1n) is 10.1. The molecule has 0 aliphatic carbocycles. The van der Waals surface area contributed by atoms with Crippen LogP contribution in [0.5, 0.6) is 0 Å². The second kappa shape index (κ2) is 9.30. The quantitative estimate of drug-likeness (QED) is 0.364. The Morgan fingerprint density at radius 2 is 1.87 bits per heavy atom. The largest absolute Gasteiger partial charge is 0.444 e. The smallest absolute Gasteiger partial charge is 0.226 e. The highest BCUT2D eigenvalue weighted by molar-refractivity contribution is 5.79. The number of guanidine groups is 1. The fraction of sp³-hybridized carbons (Fsp3) is 0.208. The zero-order valence-electron chi connectivity index (χ0n) is 18.0. The summed E-state index contributed by atoms with van der Waals surface area (Å²) < 4.78 is 5.64. The molecule has 2 heterocycles. The number of aromatic amines is 1. The van der Waals surface area contributed by atoms with Gasteiger partial charge in [0.2, 0.25) is 5.89 Å². The molecule has 0 saturated carbocycles. The second-order valence-electron chi connectivity index (χ2n) is 7.38. The number of aryl methyl sites for hydroxylation is 1. The van der Waals surface area contributed by atoms with E-state index >= 15 is 0 Å². The molecule has 4 aromatic rings. The van der Waals surface area contributed by atoms with Crippen molar-refractivity contribution in [2.75, 3.05) is 14.1 Å². The summed E-state index contributed by atoms with van der Waals surface area (Å²) in [6, 6.07) is 18.3. The molecule has 0 unspecified atom stereocenters. The minimum Gasteiger partial charge on any atom is -0.444 e. The summed E-state index contributed by atoms with van der Waals surface area (Å²) in [4.78, 5) is 18.8. The predicted molar refractivity (Wildman–Crippen MR) is 122 cm³/mol. The van der Waals surface area contributed by atoms with Gasteiger partial charge in [-0.15, -0.1) is 0 Å². The van der Waals surface area contributed by atoms with Crippen molar-refractivity contribution in [1.29, 1.82) is 0 Å². The molecule has 158 valence electrons. The summed E-state index contributed by atoms with van der Waals surface area (Å²) in [6.07, 6.45) is 3.53. The lowest BCUT2D eigenvalue weighted by Gasteiger charge is -2.20. The molecule has 7 nitrogen and oxygen atoms in total. The zero-order valence-corrected chi connectivity index (χ0v) is 18.0. The molecule has 2 N–H and O–H groups in total. The van der Waals surface area contributed by atoms with Gasteiger partial charge in [-0.25, -0.2) is 9.97 Å². The van der Waals surface area contributed by atoms with E-state index in [9.17, 15) is 0 Å². The topological polar surface area (TPSA) is 82.3 Å². The number of nitrogens with zero attached hydrogens (tertiary/aromatic N) is 4. The van der Waals surface area contributed by atoms with Crippen molar-refractivity contribution in [3.05, 3.63) is 84.1 Å². The molecule has 4 rings (SSSR count). The average molecular weight is 415 g/mol. The van der Waals surface area contributed by atoms with E-state index in [1.807, 2.05) is 60.6 Å². The lowest BCUT2D eigenvalue weighted by molar-refractivity contribution is 0.463. The summed E-state index contributed by atoms with van der Waals surface area (Å²) in [5.74, 6) is 2.23. The molecule has 0 atom stereocenters. The molecule has 2 aromatic carbocycles. The summed E-state index contributed by atoms with van der Waals surface area (Å²) in [7, 11) is 3.73. The van der Waals surface area contributed by atoms with Crippen LogP contribution in [0, 0.1) is 6.92 Å². The Morgan fingerprint density at radius 3 is 2.61 bits per heavy atom. The molecule has 0 fully saturated rings. The van der Waals surface area contributed by atoms with E-state index in [0.29, 0.717) is 19.0 Å². The Balaban J connectivity index is 1.35. The van der Waals surface area contributed by atoms with Gasteiger partial charge in [0, 0.05) is 19.7 Å². The van der Waals surface area contributed by atoms with Crippen molar-refractivity contribution in [2.45, 2.75) is 20.0 Å². The number of benzene rings is 2. The van der Waals surface area contributed by atoms with E-state index in [0.717, 1.165) is 34.3 Å². The molecule has 7 heteroatoms. The van der Waals surface area contributed by atoms with Gasteiger partial charge in [0.1, 0.15) is 12.1 Å². The SMILES string of the molecule is CN=C(NCc1coc(-c2ccc(C)cc2)n1)N(C)Cc1ncc(-c2ccccc2)[nH]1. The number of imidazole rings is 1. The average Bonchev–Trinajstić information content (AvgIpc) is 3.45. The lowest BCUT2D eigenvalue weighted by Crippen LogP contribution is -2.38. The van der Waals surface area contributed by atoms with Crippen LogP contribution < -0.4 is 5.32 Å². The highest BCUT2D eigenvalue weighted by atomic mass is 16.3. The maximum Gasteiger partial charge on any atom is 0.226 e. The number of H-pyrrole nitrogens is 1. The molecule has 0 amide bonds. The zero-order chi connectivity index (χ0) is 21.6. The van der Waals surface area contributed by atoms with E-state index in [2.05, 4.69) is 44.3 Å². The third kappa shape index (κ3) is 5.01. The normalized spacial score (nSPS) is 11.5. The Labute approximate surface area is 181 Å². The number of hydrogen-bond donors (Lipinski definition) is 2. The van der Waals surface area contributed by atoms with Crippen LogP contribution in [0.2, 0.25) is 0 Å². The van der Waals surface area contributed by atoms with E-state index in [1.54, 1.807) is 13.3 Å². The van der Waals surface area contributed by atoms with Crippen LogP contribution in [0.1, 0.15) is 17.1 Å². The van der Waals surface area contributed by atoms with E-state index < -0.39 is 0 Å². The summed E-state index contributed by atoms with van der Waals surface area (Å²) in [6.45, 7) is 3.17. The first-order chi connectivity index (χ1) is 15.1. The van der Waals surface area contributed by atoms with Crippen LogP contribution >= 0.6 is 0 Å². The third-order valence-corrected chi connectivity index (χ3v) is 4.95. The number of aliphatic imine (C=N–C) groups is 1. The Kier molecular flexibility index (Phi) is 6.12. The molecule has 0 aliphatic rings. The number of hydrogen-bond acceptors (Lipinski definition) is 4. The Morgan fingerprint density at radius 1 is 1.10 bits per heavy atom. The van der Waals surface area contributed by atoms with E-state index in [4.69, 9.17) is 4.42 Å². The maximum atomic E-state index is 5.64. The predicted octanol–water partition coefficient (Wildman–Crippen LogP) is 4.25. The van der Waals surface area contributed by atoms with Gasteiger partial charge in [0.05, 0.1) is 30.7 Å². The van der Waals surface area contributed by atoms with Crippen LogP contribution in [0.4, 0.5) is 0 Å². The van der Waals surface area contributed by atoms with Gasteiger partial charge >= 0.3 is 0 Å². The lowest BCUT2D eigenvalue weighted by atomic mass is 10.1. The Bertz CT molecular complexity index is 1140. The molecule has 2 aromatic heterocycles. The molecule has 0 radical (unpaired) electrons. The van der Waals surface area contributed by atoms with Crippen LogP contribution in [-0.4, -0.2) is 39.9 Å². The van der Waals surface area contributed by atoms with E-state index in [-0.39, 0.29) is 0 Å². The van der Waals surface area contributed by atoms with Crippen LogP contribution in [-0.2, 0) is 13.1 Å². The second-order valence-corrected chi connectivity index (χ2v) is 7.38. The van der Waals surface area contributed by atoms with Crippen molar-refractivity contribution in [2.24, 2.45) is 4.99 Å². The van der Waals surface area contributed by atoms with Crippen LogP contribution in [0.25, 0.3) is 22.7 Å². The summed E-state index contributed by atoms with van der Waals surface area (Å²) in [5.41, 5.74) is 5.09. The minimum absolute atomic E-state index is 0.514. The number of rotatable bonds is 6. The number of aromatic nitrogens is 3. The van der Waals surface area contributed by atoms with Crippen LogP contribution in [0.15, 0.2) is 76.5 Å². The molecule has 0 aliphatic heterocycles. The highest BCUT2D eigenvalue weighted by Gasteiger charge is 2.12. The highest BCUT2D eigenvalue weighted by Crippen LogP contribution is 2.19. The molecular formula is C24H26N6O. The summed E-state index contributed by atoms with van der Waals surface area (Å²) >= 11 is 0. The van der Waals surface area contributed by atoms with Gasteiger partial charge in [0.25, 0.3) is 0 Å². The van der Waals surface area contributed by atoms with Crippen molar-refractivity contribution in [1.82, 2.24) is 25.2 Å². The first kappa shape index (κ1) is 20.4. The monoisotopic (exact) mass is 414 g/mol. The van der Waals surface area contributed by atoms with Crippen molar-refractivity contribution in [3.63, 3.8) is 0 Å². The standard InChI is InChI=1S/C24H26N6O/c1-17-9-11-19(12-10-17)23-28-20(16-31-23)13-27-24(25-2)30(3)15-22-26-14-21(29-22)18-7-5-4-6-8-18/h4-12,14,16H,13,15H2,1-3H3,(H,25,27)(H,26,29). The fourth-order valence-electron chi connectivity index (χ4n) is 3.28. The van der Waals surface area contributed by atoms with E-state index in [1.165, 1.54) is 5.56 Å². The Hall–Kier alpha value is -3.87. The molecule has 31 heavy (non-hydrogen) atoms. The summed E-state index contributed by atoms with van der Waals surface area (Å²) in [5, 5.41) is 3.33. The molecule has 0 spiro atoms. The van der Waals surface area contributed by atoms with Gasteiger partial charge in [-0.05, 0) is 24.6 Å². The van der Waals surface area contributed by atoms with Gasteiger partial charge in [-0.2, -0.15) is 0 Å². The first-order valence-corrected chi connectivity index (χ1v) is 10.1. The van der Waals surface area contributed by atoms with Gasteiger partial charge < -0.3 is 19.6 Å². The fourth-order valence-corrected chi connectivity index (χ4v) is 3.28. The number of nitrogens with one attached hydrogen (secondary N) is 2.